The Morgan fingerprint density at radius 1 is 1.04 bits per heavy atom. The second-order valence-electron chi connectivity index (χ2n) is 6.51. The Morgan fingerprint density at radius 2 is 1.70 bits per heavy atom. The van der Waals surface area contributed by atoms with Gasteiger partial charge in [-0.1, -0.05) is 61.9 Å². The molecule has 0 radical (unpaired) electrons. The normalized spacial score (nSPS) is 10.7. The third kappa shape index (κ3) is 4.87. The molecule has 0 fully saturated rings. The van der Waals surface area contributed by atoms with Crippen molar-refractivity contribution >= 4 is 23.2 Å². The van der Waals surface area contributed by atoms with E-state index < -0.39 is 5.41 Å². The summed E-state index contributed by atoms with van der Waals surface area (Å²) in [6, 6.07) is 13.3. The van der Waals surface area contributed by atoms with Crippen molar-refractivity contribution < 1.29 is 4.79 Å². The third-order valence-corrected chi connectivity index (χ3v) is 3.54. The molecule has 23 heavy (non-hydrogen) atoms. The van der Waals surface area contributed by atoms with E-state index in [-0.39, 0.29) is 5.91 Å². The van der Waals surface area contributed by atoms with E-state index >= 15 is 0 Å². The van der Waals surface area contributed by atoms with Gasteiger partial charge >= 0.3 is 0 Å². The van der Waals surface area contributed by atoms with Crippen molar-refractivity contribution in [2.45, 2.75) is 27.7 Å². The Morgan fingerprint density at radius 3 is 2.30 bits per heavy atom. The van der Waals surface area contributed by atoms with Gasteiger partial charge in [0, 0.05) is 21.6 Å². The van der Waals surface area contributed by atoms with Gasteiger partial charge in [0.1, 0.15) is 0 Å². The van der Waals surface area contributed by atoms with Crippen LogP contribution in [0.15, 0.2) is 42.5 Å². The number of hydrogen-bond donors (Lipinski definition) is 1. The number of aryl methyl sites for hydroxylation is 1. The molecule has 2 rings (SSSR count). The van der Waals surface area contributed by atoms with Crippen LogP contribution in [-0.4, -0.2) is 5.91 Å². The third-order valence-electron chi connectivity index (χ3n) is 3.30. The Kier molecular flexibility index (Phi) is 5.13. The summed E-state index contributed by atoms with van der Waals surface area (Å²) in [5.74, 6) is 6.15. The molecule has 0 spiro atoms. The molecule has 3 heteroatoms. The van der Waals surface area contributed by atoms with Gasteiger partial charge in [0.25, 0.3) is 0 Å². The first kappa shape index (κ1) is 17.1. The lowest BCUT2D eigenvalue weighted by molar-refractivity contribution is -0.123. The van der Waals surface area contributed by atoms with Gasteiger partial charge in [0.05, 0.1) is 5.69 Å². The van der Waals surface area contributed by atoms with Crippen LogP contribution < -0.4 is 5.32 Å². The van der Waals surface area contributed by atoms with Gasteiger partial charge < -0.3 is 5.32 Å². The van der Waals surface area contributed by atoms with Crippen molar-refractivity contribution in [2.75, 3.05) is 5.32 Å². The van der Waals surface area contributed by atoms with E-state index in [0.29, 0.717) is 10.7 Å². The van der Waals surface area contributed by atoms with Crippen LogP contribution in [0.5, 0.6) is 0 Å². The van der Waals surface area contributed by atoms with Crippen LogP contribution in [0.4, 0.5) is 5.69 Å². The van der Waals surface area contributed by atoms with Gasteiger partial charge in [-0.3, -0.25) is 4.79 Å². The molecule has 2 nitrogen and oxygen atoms in total. The van der Waals surface area contributed by atoms with E-state index in [1.165, 1.54) is 5.56 Å². The highest BCUT2D eigenvalue weighted by atomic mass is 35.5. The second kappa shape index (κ2) is 6.89. The molecule has 0 aliphatic carbocycles. The molecule has 0 aromatic heterocycles. The number of hydrogen-bond acceptors (Lipinski definition) is 1. The summed E-state index contributed by atoms with van der Waals surface area (Å²) in [7, 11) is 0. The minimum Gasteiger partial charge on any atom is -0.324 e. The van der Waals surface area contributed by atoms with Crippen LogP contribution >= 0.6 is 11.6 Å². The van der Waals surface area contributed by atoms with Gasteiger partial charge in [0.2, 0.25) is 5.91 Å². The van der Waals surface area contributed by atoms with Crippen LogP contribution in [-0.2, 0) is 4.79 Å². The number of carbonyl (C=O) groups is 1. The molecule has 1 amide bonds. The maximum absolute atomic E-state index is 12.2. The predicted octanol–water partition coefficient (Wildman–Crippen LogP) is 5.03. The number of carbonyl (C=O) groups excluding carboxylic acids is 1. The molecule has 0 bridgehead atoms. The molecule has 0 aliphatic rings. The smallest absolute Gasteiger partial charge is 0.229 e. The first-order chi connectivity index (χ1) is 10.8. The summed E-state index contributed by atoms with van der Waals surface area (Å²) in [6.07, 6.45) is 0. The number of benzene rings is 2. The fourth-order valence-electron chi connectivity index (χ4n) is 1.82. The van der Waals surface area contributed by atoms with Gasteiger partial charge in [-0.05, 0) is 37.3 Å². The number of halogens is 1. The van der Waals surface area contributed by atoms with E-state index in [1.54, 1.807) is 12.1 Å². The highest BCUT2D eigenvalue weighted by Gasteiger charge is 2.21. The number of rotatable bonds is 1. The maximum atomic E-state index is 12.2. The van der Waals surface area contributed by atoms with Crippen LogP contribution in [0, 0.1) is 24.2 Å². The van der Waals surface area contributed by atoms with Crippen molar-refractivity contribution in [3.05, 3.63) is 64.2 Å². The fourth-order valence-corrected chi connectivity index (χ4v) is 1.99. The Hall–Kier alpha value is -2.24. The minimum atomic E-state index is -0.482. The summed E-state index contributed by atoms with van der Waals surface area (Å²) in [4.78, 5) is 12.2. The number of nitrogens with one attached hydrogen (secondary N) is 1. The fraction of sp³-hybridized carbons (Fsp3) is 0.250. The first-order valence-electron chi connectivity index (χ1n) is 7.45. The van der Waals surface area contributed by atoms with Crippen molar-refractivity contribution in [2.24, 2.45) is 5.41 Å². The van der Waals surface area contributed by atoms with Crippen LogP contribution in [0.3, 0.4) is 0 Å². The number of amides is 1. The molecular formula is C20H20ClNO. The molecule has 2 aromatic rings. The minimum absolute atomic E-state index is 0.0712. The summed E-state index contributed by atoms with van der Waals surface area (Å²) < 4.78 is 0. The molecule has 118 valence electrons. The molecule has 1 N–H and O–H groups in total. The van der Waals surface area contributed by atoms with E-state index in [2.05, 4.69) is 17.2 Å². The lowest BCUT2D eigenvalue weighted by Gasteiger charge is -2.18. The van der Waals surface area contributed by atoms with Crippen molar-refractivity contribution in [3.63, 3.8) is 0 Å². The van der Waals surface area contributed by atoms with Crippen LogP contribution in [0.1, 0.15) is 37.5 Å². The van der Waals surface area contributed by atoms with Gasteiger partial charge in [-0.2, -0.15) is 0 Å². The van der Waals surface area contributed by atoms with Gasteiger partial charge in [0.15, 0.2) is 0 Å². The molecule has 0 aliphatic heterocycles. The lowest BCUT2D eigenvalue weighted by Crippen LogP contribution is -2.27. The van der Waals surface area contributed by atoms with E-state index in [9.17, 15) is 4.79 Å². The van der Waals surface area contributed by atoms with Gasteiger partial charge in [-0.25, -0.2) is 0 Å². The molecule has 0 saturated carbocycles. The maximum Gasteiger partial charge on any atom is 0.229 e. The largest absolute Gasteiger partial charge is 0.324 e. The van der Waals surface area contributed by atoms with E-state index in [0.717, 1.165) is 11.1 Å². The van der Waals surface area contributed by atoms with Crippen molar-refractivity contribution in [1.82, 2.24) is 0 Å². The summed E-state index contributed by atoms with van der Waals surface area (Å²) in [5.41, 5.74) is 3.02. The standard InChI is InChI=1S/C20H20ClNO/c1-14-5-7-15(8-6-14)9-10-16-11-12-17(21)13-18(16)22-19(23)20(2,3)4/h5-8,11-13H,1-4H3,(H,22,23). The summed E-state index contributed by atoms with van der Waals surface area (Å²) in [6.45, 7) is 7.64. The average molecular weight is 326 g/mol. The molecule has 2 aromatic carbocycles. The Balaban J connectivity index is 2.33. The zero-order valence-corrected chi connectivity index (χ0v) is 14.6. The molecule has 0 saturated heterocycles. The molecule has 0 atom stereocenters. The predicted molar refractivity (Wildman–Crippen MR) is 96.7 cm³/mol. The molecule has 0 heterocycles. The summed E-state index contributed by atoms with van der Waals surface area (Å²) in [5, 5.41) is 3.48. The van der Waals surface area contributed by atoms with Crippen LogP contribution in [0.25, 0.3) is 0 Å². The zero-order valence-electron chi connectivity index (χ0n) is 13.8. The Bertz CT molecular complexity index is 774. The molecule has 0 unspecified atom stereocenters. The molecular weight excluding hydrogens is 306 g/mol. The van der Waals surface area contributed by atoms with Crippen LogP contribution in [0.2, 0.25) is 5.02 Å². The zero-order chi connectivity index (χ0) is 17.0. The monoisotopic (exact) mass is 325 g/mol. The second-order valence-corrected chi connectivity index (χ2v) is 6.95. The average Bonchev–Trinajstić information content (AvgIpc) is 2.47. The van der Waals surface area contributed by atoms with E-state index in [1.807, 2.05) is 58.0 Å². The topological polar surface area (TPSA) is 29.1 Å². The van der Waals surface area contributed by atoms with Crippen molar-refractivity contribution in [1.29, 1.82) is 0 Å². The van der Waals surface area contributed by atoms with Crippen molar-refractivity contribution in [3.8, 4) is 11.8 Å². The highest BCUT2D eigenvalue weighted by Crippen LogP contribution is 2.23. The number of anilines is 1. The SMILES string of the molecule is Cc1ccc(C#Cc2ccc(Cl)cc2NC(=O)C(C)(C)C)cc1. The Labute approximate surface area is 142 Å². The lowest BCUT2D eigenvalue weighted by atomic mass is 9.95. The summed E-state index contributed by atoms with van der Waals surface area (Å²) >= 11 is 6.05. The first-order valence-corrected chi connectivity index (χ1v) is 7.83. The van der Waals surface area contributed by atoms with Gasteiger partial charge in [-0.15, -0.1) is 0 Å². The quantitative estimate of drug-likeness (QED) is 0.732. The van der Waals surface area contributed by atoms with E-state index in [4.69, 9.17) is 11.6 Å². The highest BCUT2D eigenvalue weighted by molar-refractivity contribution is 6.31.